The summed E-state index contributed by atoms with van der Waals surface area (Å²) in [4.78, 5) is 2.46. The molecule has 0 aliphatic carbocycles. The van der Waals surface area contributed by atoms with Gasteiger partial charge in [-0.25, -0.2) is 4.68 Å². The van der Waals surface area contributed by atoms with Crippen molar-refractivity contribution >= 4 is 5.65 Å². The van der Waals surface area contributed by atoms with E-state index in [0.717, 1.165) is 56.3 Å². The molecule has 1 aliphatic rings. The van der Waals surface area contributed by atoms with E-state index in [1.165, 1.54) is 0 Å². The Morgan fingerprint density at radius 3 is 2.70 bits per heavy atom. The van der Waals surface area contributed by atoms with Gasteiger partial charge in [0, 0.05) is 31.1 Å². The first-order valence-electron chi connectivity index (χ1n) is 9.16. The number of hydrogen-bond acceptors (Lipinski definition) is 7. The molecule has 0 spiro atoms. The van der Waals surface area contributed by atoms with E-state index in [1.54, 1.807) is 17.1 Å². The molecule has 0 saturated carbocycles. The predicted octanol–water partition coefficient (Wildman–Crippen LogP) is 0.781. The Morgan fingerprint density at radius 1 is 1.00 bits per heavy atom. The van der Waals surface area contributed by atoms with Gasteiger partial charge in [0.1, 0.15) is 0 Å². The fourth-order valence-electron chi connectivity index (χ4n) is 3.59. The van der Waals surface area contributed by atoms with Crippen molar-refractivity contribution in [2.75, 3.05) is 19.6 Å². The van der Waals surface area contributed by atoms with Crippen molar-refractivity contribution in [3.8, 4) is 5.82 Å². The molecule has 4 aromatic heterocycles. The monoisotopic (exact) mass is 364 g/mol. The number of fused-ring (bicyclic) bond motifs is 1. The molecule has 0 N–H and O–H groups in total. The summed E-state index contributed by atoms with van der Waals surface area (Å²) in [7, 11) is 0. The Hall–Kier alpha value is -3.14. The van der Waals surface area contributed by atoms with Crippen LogP contribution < -0.4 is 0 Å². The van der Waals surface area contributed by atoms with Gasteiger partial charge in [0.2, 0.25) is 0 Å². The molecule has 0 bridgehead atoms. The molecular weight excluding hydrogens is 344 g/mol. The largest absolute Gasteiger partial charge is 0.301 e. The zero-order valence-corrected chi connectivity index (χ0v) is 14.8. The summed E-state index contributed by atoms with van der Waals surface area (Å²) >= 11 is 0. The fraction of sp³-hybridized carbons (Fsp3) is 0.412. The first-order valence-corrected chi connectivity index (χ1v) is 9.16. The number of hydrogen-bond donors (Lipinski definition) is 0. The number of nitrogens with zero attached hydrogens (tertiary/aromatic N) is 10. The maximum atomic E-state index is 4.70. The molecule has 0 aromatic carbocycles. The highest BCUT2D eigenvalue weighted by molar-refractivity contribution is 5.39. The third-order valence-electron chi connectivity index (χ3n) is 5.08. The van der Waals surface area contributed by atoms with E-state index in [0.29, 0.717) is 5.92 Å². The smallest absolute Gasteiger partial charge is 0.178 e. The van der Waals surface area contributed by atoms with Crippen molar-refractivity contribution in [2.24, 2.45) is 0 Å². The summed E-state index contributed by atoms with van der Waals surface area (Å²) in [5.74, 6) is 2.07. The van der Waals surface area contributed by atoms with Gasteiger partial charge in [-0.15, -0.1) is 20.4 Å². The molecule has 10 nitrogen and oxygen atoms in total. The SMILES string of the molecule is c1cnn(-c2ccc3nnc(C4CCN(CCn5ccnn5)CC4)n3n2)c1. The van der Waals surface area contributed by atoms with Gasteiger partial charge in [0.05, 0.1) is 12.7 Å². The number of piperidine rings is 1. The van der Waals surface area contributed by atoms with E-state index in [2.05, 4.69) is 30.5 Å². The second-order valence-corrected chi connectivity index (χ2v) is 6.75. The number of aromatic nitrogens is 9. The third kappa shape index (κ3) is 3.19. The van der Waals surface area contributed by atoms with E-state index in [9.17, 15) is 0 Å². The summed E-state index contributed by atoms with van der Waals surface area (Å²) in [6.45, 7) is 3.92. The van der Waals surface area contributed by atoms with E-state index < -0.39 is 0 Å². The summed E-state index contributed by atoms with van der Waals surface area (Å²) < 4.78 is 5.49. The van der Waals surface area contributed by atoms with E-state index in [-0.39, 0.29) is 0 Å². The van der Waals surface area contributed by atoms with Crippen LogP contribution in [0.15, 0.2) is 43.0 Å². The molecule has 5 rings (SSSR count). The number of likely N-dealkylation sites (tertiary alicyclic amines) is 1. The van der Waals surface area contributed by atoms with E-state index in [4.69, 9.17) is 5.10 Å². The topological polar surface area (TPSA) is 94.8 Å². The van der Waals surface area contributed by atoms with Gasteiger partial charge in [-0.05, 0) is 44.1 Å². The zero-order valence-electron chi connectivity index (χ0n) is 14.8. The lowest BCUT2D eigenvalue weighted by Crippen LogP contribution is -2.35. The summed E-state index contributed by atoms with van der Waals surface area (Å²) in [6, 6.07) is 5.73. The average Bonchev–Trinajstić information content (AvgIpc) is 3.48. The molecule has 1 aliphatic heterocycles. The molecule has 5 heterocycles. The lowest BCUT2D eigenvalue weighted by molar-refractivity contribution is 0.198. The Labute approximate surface area is 155 Å². The number of rotatable bonds is 5. The second-order valence-electron chi connectivity index (χ2n) is 6.75. The van der Waals surface area contributed by atoms with Crippen molar-refractivity contribution in [3.63, 3.8) is 0 Å². The van der Waals surface area contributed by atoms with Crippen LogP contribution in [0.5, 0.6) is 0 Å². The highest BCUT2D eigenvalue weighted by Crippen LogP contribution is 2.26. The molecule has 4 aromatic rings. The van der Waals surface area contributed by atoms with Crippen molar-refractivity contribution in [1.29, 1.82) is 0 Å². The lowest BCUT2D eigenvalue weighted by atomic mass is 9.96. The van der Waals surface area contributed by atoms with Crippen LogP contribution in [0.25, 0.3) is 11.5 Å². The molecule has 27 heavy (non-hydrogen) atoms. The maximum Gasteiger partial charge on any atom is 0.178 e. The Balaban J connectivity index is 1.29. The predicted molar refractivity (Wildman–Crippen MR) is 96.3 cm³/mol. The molecule has 0 atom stereocenters. The van der Waals surface area contributed by atoms with E-state index >= 15 is 0 Å². The molecule has 1 fully saturated rings. The molecular formula is C17H20N10. The van der Waals surface area contributed by atoms with Crippen LogP contribution in [0.3, 0.4) is 0 Å². The lowest BCUT2D eigenvalue weighted by Gasteiger charge is -2.30. The van der Waals surface area contributed by atoms with Gasteiger partial charge in [-0.1, -0.05) is 5.21 Å². The maximum absolute atomic E-state index is 4.70. The second kappa shape index (κ2) is 6.88. The summed E-state index contributed by atoms with van der Waals surface area (Å²) in [6.07, 6.45) is 9.34. The Bertz CT molecular complexity index is 996. The minimum absolute atomic E-state index is 0.364. The highest BCUT2D eigenvalue weighted by atomic mass is 15.4. The van der Waals surface area contributed by atoms with Crippen LogP contribution in [-0.4, -0.2) is 69.1 Å². The van der Waals surface area contributed by atoms with Gasteiger partial charge in [-0.3, -0.25) is 4.68 Å². The molecule has 10 heteroatoms. The van der Waals surface area contributed by atoms with Crippen LogP contribution in [0, 0.1) is 0 Å². The van der Waals surface area contributed by atoms with Crippen molar-refractivity contribution in [3.05, 3.63) is 48.8 Å². The average molecular weight is 364 g/mol. The van der Waals surface area contributed by atoms with Crippen LogP contribution in [0.4, 0.5) is 0 Å². The first kappa shape index (κ1) is 16.1. The summed E-state index contributed by atoms with van der Waals surface area (Å²) in [5.41, 5.74) is 0.773. The van der Waals surface area contributed by atoms with Crippen molar-refractivity contribution in [2.45, 2.75) is 25.3 Å². The van der Waals surface area contributed by atoms with Gasteiger partial charge in [0.15, 0.2) is 17.3 Å². The van der Waals surface area contributed by atoms with Crippen LogP contribution >= 0.6 is 0 Å². The van der Waals surface area contributed by atoms with Crippen molar-refractivity contribution < 1.29 is 0 Å². The normalized spacial score (nSPS) is 16.3. The molecule has 0 radical (unpaired) electrons. The van der Waals surface area contributed by atoms with Crippen molar-refractivity contribution in [1.82, 2.24) is 49.5 Å². The van der Waals surface area contributed by atoms with Gasteiger partial charge in [-0.2, -0.15) is 9.61 Å². The summed E-state index contributed by atoms with van der Waals surface area (Å²) in [5, 5.41) is 25.6. The third-order valence-corrected chi connectivity index (χ3v) is 5.08. The van der Waals surface area contributed by atoms with Crippen LogP contribution in [0.2, 0.25) is 0 Å². The minimum atomic E-state index is 0.364. The van der Waals surface area contributed by atoms with Gasteiger partial charge >= 0.3 is 0 Å². The molecule has 0 unspecified atom stereocenters. The Kier molecular flexibility index (Phi) is 4.09. The van der Waals surface area contributed by atoms with Crippen LogP contribution in [-0.2, 0) is 6.54 Å². The zero-order chi connectivity index (χ0) is 18.1. The quantitative estimate of drug-likeness (QED) is 0.516. The highest BCUT2D eigenvalue weighted by Gasteiger charge is 2.25. The molecule has 138 valence electrons. The molecule has 0 amide bonds. The van der Waals surface area contributed by atoms with Gasteiger partial charge in [0.25, 0.3) is 0 Å². The van der Waals surface area contributed by atoms with Gasteiger partial charge < -0.3 is 4.90 Å². The first-order chi connectivity index (χ1) is 13.4. The van der Waals surface area contributed by atoms with E-state index in [1.807, 2.05) is 39.8 Å². The molecule has 1 saturated heterocycles. The standard InChI is InChI=1S/C17H20N10/c1-6-19-26(8-1)16-3-2-15-20-21-17(27(15)22-16)14-4-9-24(10-5-14)12-13-25-11-7-18-23-25/h1-3,6-8,11,14H,4-5,9-10,12-13H2. The van der Waals surface area contributed by atoms with Crippen LogP contribution in [0.1, 0.15) is 24.6 Å². The Morgan fingerprint density at radius 2 is 1.93 bits per heavy atom. The fourth-order valence-corrected chi connectivity index (χ4v) is 3.59. The minimum Gasteiger partial charge on any atom is -0.301 e.